The lowest BCUT2D eigenvalue weighted by Crippen LogP contribution is -2.12. The van der Waals surface area contributed by atoms with Crippen LogP contribution in [0.15, 0.2) is 11.4 Å². The maximum Gasteiger partial charge on any atom is 0.313 e. The molecule has 0 bridgehead atoms. The zero-order valence-electron chi connectivity index (χ0n) is 12.0. The van der Waals surface area contributed by atoms with Crippen molar-refractivity contribution in [2.24, 2.45) is 0 Å². The van der Waals surface area contributed by atoms with Gasteiger partial charge in [-0.05, 0) is 12.8 Å². The Bertz CT molecular complexity index is 471. The number of carboxylic acids is 1. The monoisotopic (exact) mass is 300 g/mol. The van der Waals surface area contributed by atoms with Gasteiger partial charge in [0.05, 0.1) is 18.8 Å². The Kier molecular flexibility index (Phi) is 6.57. The summed E-state index contributed by atoms with van der Waals surface area (Å²) in [6, 6.07) is 0. The van der Waals surface area contributed by atoms with Gasteiger partial charge in [-0.2, -0.15) is 0 Å². The number of hydrogen-bond donors (Lipinski definition) is 1. The van der Waals surface area contributed by atoms with Gasteiger partial charge >= 0.3 is 11.9 Å². The average Bonchev–Trinajstić information content (AvgIpc) is 2.77. The molecule has 20 heavy (non-hydrogen) atoms. The highest BCUT2D eigenvalue weighted by Gasteiger charge is 2.15. The van der Waals surface area contributed by atoms with Gasteiger partial charge in [0.25, 0.3) is 0 Å². The molecule has 0 aliphatic heterocycles. The Morgan fingerprint density at radius 1 is 1.50 bits per heavy atom. The first-order chi connectivity index (χ1) is 9.45. The minimum Gasteiger partial charge on any atom is -0.481 e. The van der Waals surface area contributed by atoms with Gasteiger partial charge in [-0.15, -0.1) is 0 Å². The van der Waals surface area contributed by atoms with Crippen LogP contribution in [-0.4, -0.2) is 39.0 Å². The number of carbonyl (C=O) groups is 2. The summed E-state index contributed by atoms with van der Waals surface area (Å²) in [5, 5.41) is 9.36. The number of rotatable bonds is 8. The Morgan fingerprint density at radius 2 is 2.20 bits per heavy atom. The summed E-state index contributed by atoms with van der Waals surface area (Å²) in [7, 11) is 0. The molecule has 1 aromatic rings. The van der Waals surface area contributed by atoms with E-state index in [1.54, 1.807) is 13.1 Å². The molecule has 0 aliphatic carbocycles. The summed E-state index contributed by atoms with van der Waals surface area (Å²) in [5.74, 6) is -0.941. The van der Waals surface area contributed by atoms with Gasteiger partial charge < -0.3 is 14.4 Å². The van der Waals surface area contributed by atoms with Crippen LogP contribution in [-0.2, 0) is 20.9 Å². The molecule has 6 nitrogen and oxygen atoms in total. The van der Waals surface area contributed by atoms with Crippen molar-refractivity contribution in [1.29, 1.82) is 0 Å². The fraction of sp³-hybridized carbons (Fsp3) is 0.615. The largest absolute Gasteiger partial charge is 0.481 e. The summed E-state index contributed by atoms with van der Waals surface area (Å²) in [5.41, 5.74) is 0.988. The van der Waals surface area contributed by atoms with E-state index >= 15 is 0 Å². The zero-order valence-corrected chi connectivity index (χ0v) is 12.8. The molecule has 0 saturated heterocycles. The van der Waals surface area contributed by atoms with Crippen molar-refractivity contribution >= 4 is 23.7 Å². The predicted molar refractivity (Wildman–Crippen MR) is 75.9 cm³/mol. The van der Waals surface area contributed by atoms with Crippen LogP contribution in [0.4, 0.5) is 0 Å². The van der Waals surface area contributed by atoms with Crippen molar-refractivity contribution in [3.8, 4) is 0 Å². The Labute approximate surface area is 122 Å². The summed E-state index contributed by atoms with van der Waals surface area (Å²) < 4.78 is 6.80. The van der Waals surface area contributed by atoms with Gasteiger partial charge in [0.2, 0.25) is 0 Å². The van der Waals surface area contributed by atoms with E-state index in [-0.39, 0.29) is 24.1 Å². The lowest BCUT2D eigenvalue weighted by molar-refractivity contribution is -0.143. The number of aliphatic carboxylic acids is 1. The van der Waals surface area contributed by atoms with Crippen molar-refractivity contribution in [2.45, 2.75) is 44.8 Å². The molecule has 0 saturated carbocycles. The molecule has 0 spiro atoms. The molecule has 0 aromatic carbocycles. The van der Waals surface area contributed by atoms with Gasteiger partial charge in [-0.1, -0.05) is 25.6 Å². The number of carboxylic acid groups (broad SMARTS) is 1. The molecule has 1 heterocycles. The summed E-state index contributed by atoms with van der Waals surface area (Å²) >= 11 is 1.16. The van der Waals surface area contributed by atoms with Crippen molar-refractivity contribution < 1.29 is 19.4 Å². The molecule has 7 heteroatoms. The van der Waals surface area contributed by atoms with Crippen molar-refractivity contribution in [3.05, 3.63) is 11.9 Å². The van der Waals surface area contributed by atoms with Crippen LogP contribution in [0.1, 0.15) is 38.8 Å². The number of carbonyl (C=O) groups excluding carboxylic acids is 1. The minimum atomic E-state index is -0.888. The molecule has 0 atom stereocenters. The predicted octanol–water partition coefficient (Wildman–Crippen LogP) is 2.14. The highest BCUT2D eigenvalue weighted by atomic mass is 32.2. The van der Waals surface area contributed by atoms with Crippen LogP contribution < -0.4 is 0 Å². The molecular weight excluding hydrogens is 280 g/mol. The number of aromatic nitrogens is 2. The molecular formula is C13H20N2O4S. The number of esters is 1. The topological polar surface area (TPSA) is 81.4 Å². The van der Waals surface area contributed by atoms with Gasteiger partial charge in [0.15, 0.2) is 5.16 Å². The van der Waals surface area contributed by atoms with Crippen molar-refractivity contribution in [3.63, 3.8) is 0 Å². The van der Waals surface area contributed by atoms with Crippen molar-refractivity contribution in [1.82, 2.24) is 9.55 Å². The lowest BCUT2D eigenvalue weighted by Gasteiger charge is -2.13. The molecule has 0 unspecified atom stereocenters. The van der Waals surface area contributed by atoms with Crippen LogP contribution in [0.2, 0.25) is 0 Å². The number of nitrogens with zero attached hydrogens (tertiary/aromatic N) is 2. The molecule has 1 aromatic heterocycles. The van der Waals surface area contributed by atoms with Crippen molar-refractivity contribution in [2.75, 3.05) is 12.4 Å². The van der Waals surface area contributed by atoms with Crippen LogP contribution in [0.25, 0.3) is 0 Å². The first-order valence-electron chi connectivity index (χ1n) is 6.51. The lowest BCUT2D eigenvalue weighted by atomic mass is 10.1. The van der Waals surface area contributed by atoms with Gasteiger partial charge in [-0.25, -0.2) is 4.98 Å². The maximum atomic E-state index is 11.4. The highest BCUT2D eigenvalue weighted by molar-refractivity contribution is 7.99. The maximum absolute atomic E-state index is 11.4. The Hall–Kier alpha value is -1.50. The molecule has 0 aliphatic rings. The van der Waals surface area contributed by atoms with E-state index in [1.807, 2.05) is 18.4 Å². The number of imidazole rings is 1. The van der Waals surface area contributed by atoms with Gasteiger partial charge in [0, 0.05) is 18.4 Å². The molecule has 112 valence electrons. The highest BCUT2D eigenvalue weighted by Crippen LogP contribution is 2.23. The van der Waals surface area contributed by atoms with E-state index in [0.717, 1.165) is 17.5 Å². The van der Waals surface area contributed by atoms with E-state index in [9.17, 15) is 9.59 Å². The van der Waals surface area contributed by atoms with E-state index in [4.69, 9.17) is 9.84 Å². The third-order valence-electron chi connectivity index (χ3n) is 2.61. The van der Waals surface area contributed by atoms with E-state index < -0.39 is 5.97 Å². The smallest absolute Gasteiger partial charge is 0.313 e. The number of thioether (sulfide) groups is 1. The second kappa shape index (κ2) is 7.94. The minimum absolute atomic E-state index is 0.0477. The first-order valence-corrected chi connectivity index (χ1v) is 7.49. The van der Waals surface area contributed by atoms with Gasteiger partial charge in [0.1, 0.15) is 0 Å². The fourth-order valence-corrected chi connectivity index (χ4v) is 2.47. The number of ether oxygens (including phenoxy) is 1. The second-order valence-electron chi connectivity index (χ2n) is 4.51. The molecule has 0 fully saturated rings. The Balaban J connectivity index is 2.80. The molecule has 0 radical (unpaired) electrons. The van der Waals surface area contributed by atoms with E-state index in [2.05, 4.69) is 4.98 Å². The summed E-state index contributed by atoms with van der Waals surface area (Å²) in [6.07, 6.45) is 1.99. The zero-order chi connectivity index (χ0) is 15.1. The third kappa shape index (κ3) is 4.88. The van der Waals surface area contributed by atoms with Crippen LogP contribution in [0.3, 0.4) is 0 Å². The van der Waals surface area contributed by atoms with Crippen LogP contribution in [0.5, 0.6) is 0 Å². The molecule has 0 amide bonds. The average molecular weight is 300 g/mol. The van der Waals surface area contributed by atoms with Crippen LogP contribution in [0, 0.1) is 0 Å². The van der Waals surface area contributed by atoms with E-state index in [1.165, 1.54) is 0 Å². The molecule has 1 rings (SSSR count). The Morgan fingerprint density at radius 3 is 2.75 bits per heavy atom. The van der Waals surface area contributed by atoms with Gasteiger partial charge in [-0.3, -0.25) is 9.59 Å². The van der Waals surface area contributed by atoms with Crippen LogP contribution >= 0.6 is 11.8 Å². The fourth-order valence-electron chi connectivity index (χ4n) is 1.73. The quantitative estimate of drug-likeness (QED) is 0.585. The van der Waals surface area contributed by atoms with E-state index in [0.29, 0.717) is 18.3 Å². The summed E-state index contributed by atoms with van der Waals surface area (Å²) in [6.45, 7) is 6.64. The first kappa shape index (κ1) is 16.6. The summed E-state index contributed by atoms with van der Waals surface area (Å²) in [4.78, 5) is 26.3. The standard InChI is InChI=1S/C13H20N2O4S/c1-4-19-12(18)5-6-15-10(9(2)3)7-14-13(15)20-8-11(16)17/h7,9H,4-6,8H2,1-3H3,(H,16,17). The third-order valence-corrected chi connectivity index (χ3v) is 3.59. The number of hydrogen-bond acceptors (Lipinski definition) is 5. The normalized spacial score (nSPS) is 10.8. The second-order valence-corrected chi connectivity index (χ2v) is 5.45. The molecule has 1 N–H and O–H groups in total. The SMILES string of the molecule is CCOC(=O)CCn1c(C(C)C)cnc1SCC(=O)O.